The maximum Gasteiger partial charge on any atom is 0.0798 e. The van der Waals surface area contributed by atoms with Crippen LogP contribution in [0.4, 0.5) is 5.69 Å². The highest BCUT2D eigenvalue weighted by atomic mass is 32.1. The van der Waals surface area contributed by atoms with Crippen LogP contribution in [0.5, 0.6) is 0 Å². The lowest BCUT2D eigenvalue weighted by molar-refractivity contribution is 0.892. The number of benzene rings is 1. The minimum atomic E-state index is 0.244. The molecule has 1 atom stereocenters. The van der Waals surface area contributed by atoms with Gasteiger partial charge in [-0.3, -0.25) is 4.98 Å². The summed E-state index contributed by atoms with van der Waals surface area (Å²) in [6.07, 6.45) is 1.84. The molecule has 102 valence electrons. The second kappa shape index (κ2) is 5.21. The van der Waals surface area contributed by atoms with Gasteiger partial charge in [0.2, 0.25) is 0 Å². The highest BCUT2D eigenvalue weighted by molar-refractivity contribution is 7.09. The van der Waals surface area contributed by atoms with E-state index in [-0.39, 0.29) is 6.04 Å². The van der Waals surface area contributed by atoms with Gasteiger partial charge in [0.1, 0.15) is 0 Å². The molecule has 1 unspecified atom stereocenters. The monoisotopic (exact) mass is 283 g/mol. The summed E-state index contributed by atoms with van der Waals surface area (Å²) in [6, 6.07) is 8.59. The van der Waals surface area contributed by atoms with Crippen LogP contribution < -0.4 is 5.32 Å². The first kappa shape index (κ1) is 13.1. The second-order valence-electron chi connectivity index (χ2n) is 5.00. The van der Waals surface area contributed by atoms with Crippen LogP contribution in [-0.2, 0) is 0 Å². The first-order valence-electron chi connectivity index (χ1n) is 6.67. The van der Waals surface area contributed by atoms with Gasteiger partial charge in [-0.2, -0.15) is 0 Å². The third-order valence-electron chi connectivity index (χ3n) is 3.52. The fourth-order valence-corrected chi connectivity index (χ4v) is 3.28. The van der Waals surface area contributed by atoms with Gasteiger partial charge in [-0.05, 0) is 44.5 Å². The summed E-state index contributed by atoms with van der Waals surface area (Å²) in [5.41, 5.74) is 6.39. The Hall–Kier alpha value is -1.94. The van der Waals surface area contributed by atoms with Gasteiger partial charge >= 0.3 is 0 Å². The van der Waals surface area contributed by atoms with E-state index in [0.717, 1.165) is 16.9 Å². The molecule has 0 fully saturated rings. The molecule has 3 rings (SSSR count). The number of nitrogens with one attached hydrogen (secondary N) is 1. The predicted molar refractivity (Wildman–Crippen MR) is 85.4 cm³/mol. The van der Waals surface area contributed by atoms with Crippen molar-refractivity contribution in [2.75, 3.05) is 5.32 Å². The molecule has 0 aliphatic rings. The van der Waals surface area contributed by atoms with E-state index in [1.54, 1.807) is 11.3 Å². The van der Waals surface area contributed by atoms with Crippen molar-refractivity contribution in [3.05, 3.63) is 52.1 Å². The number of thiazole rings is 1. The van der Waals surface area contributed by atoms with Gasteiger partial charge in [-0.15, -0.1) is 11.3 Å². The number of hydrogen-bond donors (Lipinski definition) is 1. The molecule has 4 heteroatoms. The van der Waals surface area contributed by atoms with Gasteiger partial charge in [-0.1, -0.05) is 6.07 Å². The molecule has 0 aliphatic heterocycles. The molecule has 2 aromatic heterocycles. The van der Waals surface area contributed by atoms with Crippen molar-refractivity contribution in [3.63, 3.8) is 0 Å². The van der Waals surface area contributed by atoms with Gasteiger partial charge in [-0.25, -0.2) is 4.98 Å². The molecule has 3 nitrogen and oxygen atoms in total. The Labute approximate surface area is 122 Å². The average Bonchev–Trinajstić information content (AvgIpc) is 2.88. The Morgan fingerprint density at radius 2 is 2.00 bits per heavy atom. The first-order valence-corrected chi connectivity index (χ1v) is 7.55. The van der Waals surface area contributed by atoms with Crippen molar-refractivity contribution < 1.29 is 0 Å². The highest BCUT2D eigenvalue weighted by Crippen LogP contribution is 2.30. The Balaban J connectivity index is 1.99. The van der Waals surface area contributed by atoms with Crippen molar-refractivity contribution >= 4 is 27.9 Å². The zero-order chi connectivity index (χ0) is 14.1. The van der Waals surface area contributed by atoms with Crippen molar-refractivity contribution in [2.45, 2.75) is 26.8 Å². The van der Waals surface area contributed by atoms with Crippen LogP contribution in [0.25, 0.3) is 10.9 Å². The minimum Gasteiger partial charge on any atom is -0.377 e. The van der Waals surface area contributed by atoms with E-state index in [0.29, 0.717) is 0 Å². The van der Waals surface area contributed by atoms with E-state index in [1.165, 1.54) is 15.8 Å². The molecule has 3 aromatic rings. The first-order chi connectivity index (χ1) is 9.66. The van der Waals surface area contributed by atoms with Crippen molar-refractivity contribution in [2.24, 2.45) is 0 Å². The molecule has 0 saturated carbocycles. The molecule has 1 N–H and O–H groups in total. The zero-order valence-corrected chi connectivity index (χ0v) is 12.7. The highest BCUT2D eigenvalue weighted by Gasteiger charge is 2.12. The van der Waals surface area contributed by atoms with Crippen molar-refractivity contribution in [3.8, 4) is 0 Å². The van der Waals surface area contributed by atoms with E-state index in [1.807, 2.05) is 17.8 Å². The number of aromatic nitrogens is 2. The molecule has 0 aliphatic carbocycles. The molecule has 1 aromatic carbocycles. The second-order valence-corrected chi connectivity index (χ2v) is 5.88. The lowest BCUT2D eigenvalue weighted by atomic mass is 10.1. The van der Waals surface area contributed by atoms with E-state index >= 15 is 0 Å². The molecular weight excluding hydrogens is 266 g/mol. The van der Waals surface area contributed by atoms with E-state index in [2.05, 4.69) is 54.3 Å². The number of anilines is 1. The molecule has 0 radical (unpaired) electrons. The molecule has 0 amide bonds. The molecule has 2 heterocycles. The van der Waals surface area contributed by atoms with Gasteiger partial charge < -0.3 is 5.32 Å². The third-order valence-corrected chi connectivity index (χ3v) is 4.63. The third kappa shape index (κ3) is 2.27. The van der Waals surface area contributed by atoms with Gasteiger partial charge in [0.15, 0.2) is 0 Å². The zero-order valence-electron chi connectivity index (χ0n) is 11.8. The Morgan fingerprint density at radius 3 is 2.75 bits per heavy atom. The summed E-state index contributed by atoms with van der Waals surface area (Å²) < 4.78 is 0. The summed E-state index contributed by atoms with van der Waals surface area (Å²) in [7, 11) is 0. The Morgan fingerprint density at radius 1 is 1.15 bits per heavy atom. The number of fused-ring (bicyclic) bond motifs is 1. The number of rotatable bonds is 3. The maximum atomic E-state index is 4.48. The lowest BCUT2D eigenvalue weighted by Gasteiger charge is -2.16. The number of hydrogen-bond acceptors (Lipinski definition) is 4. The number of nitrogens with zero attached hydrogens (tertiary/aromatic N) is 2. The van der Waals surface area contributed by atoms with E-state index in [4.69, 9.17) is 0 Å². The fraction of sp³-hybridized carbons (Fsp3) is 0.250. The molecule has 0 saturated heterocycles. The van der Waals surface area contributed by atoms with Gasteiger partial charge in [0.25, 0.3) is 0 Å². The average molecular weight is 283 g/mol. The molecular formula is C16H17N3S. The van der Waals surface area contributed by atoms with Crippen LogP contribution in [0.3, 0.4) is 0 Å². The fourth-order valence-electron chi connectivity index (χ4n) is 2.47. The van der Waals surface area contributed by atoms with E-state index in [9.17, 15) is 0 Å². The van der Waals surface area contributed by atoms with Gasteiger partial charge in [0.05, 0.1) is 22.8 Å². The molecule has 20 heavy (non-hydrogen) atoms. The normalized spacial score (nSPS) is 12.6. The predicted octanol–water partition coefficient (Wildman–Crippen LogP) is 4.48. The van der Waals surface area contributed by atoms with Crippen LogP contribution in [0.15, 0.2) is 36.0 Å². The van der Waals surface area contributed by atoms with Crippen LogP contribution in [-0.4, -0.2) is 9.97 Å². The lowest BCUT2D eigenvalue weighted by Crippen LogP contribution is -2.07. The van der Waals surface area contributed by atoms with E-state index < -0.39 is 0 Å². The minimum absolute atomic E-state index is 0.244. The van der Waals surface area contributed by atoms with Crippen LogP contribution in [0.1, 0.15) is 29.1 Å². The summed E-state index contributed by atoms with van der Waals surface area (Å²) in [6.45, 7) is 6.32. The number of aryl methyl sites for hydroxylation is 2. The summed E-state index contributed by atoms with van der Waals surface area (Å²) in [4.78, 5) is 10.1. The number of pyridine rings is 1. The SMILES string of the molecule is Cc1ncsc1C(C)Nc1ccc(C)c2ncccc12. The Bertz CT molecular complexity index is 748. The van der Waals surface area contributed by atoms with Crippen molar-refractivity contribution in [1.82, 2.24) is 9.97 Å². The standard InChI is InChI=1S/C16H17N3S/c1-10-6-7-14(13-5-4-8-17-15(10)13)19-12(3)16-11(2)18-9-20-16/h4-9,12,19H,1-3H3. The van der Waals surface area contributed by atoms with Gasteiger partial charge in [0, 0.05) is 22.1 Å². The van der Waals surface area contributed by atoms with Crippen LogP contribution in [0, 0.1) is 13.8 Å². The van der Waals surface area contributed by atoms with Crippen molar-refractivity contribution in [1.29, 1.82) is 0 Å². The summed E-state index contributed by atoms with van der Waals surface area (Å²) in [5, 5.41) is 4.75. The maximum absolute atomic E-state index is 4.48. The van der Waals surface area contributed by atoms with Crippen LogP contribution >= 0.6 is 11.3 Å². The Kier molecular flexibility index (Phi) is 3.40. The smallest absolute Gasteiger partial charge is 0.0798 e. The summed E-state index contributed by atoms with van der Waals surface area (Å²) >= 11 is 1.70. The molecule has 0 spiro atoms. The quantitative estimate of drug-likeness (QED) is 0.770. The topological polar surface area (TPSA) is 37.8 Å². The molecule has 0 bridgehead atoms. The van der Waals surface area contributed by atoms with Crippen LogP contribution in [0.2, 0.25) is 0 Å². The largest absolute Gasteiger partial charge is 0.377 e. The summed E-state index contributed by atoms with van der Waals surface area (Å²) in [5.74, 6) is 0.